The Morgan fingerprint density at radius 3 is 2.38 bits per heavy atom. The van der Waals surface area contributed by atoms with Crippen molar-refractivity contribution in [2.45, 2.75) is 23.8 Å². The van der Waals surface area contributed by atoms with Gasteiger partial charge in [0, 0.05) is 28.0 Å². The van der Waals surface area contributed by atoms with Crippen LogP contribution in [-0.4, -0.2) is 5.78 Å². The normalized spacial score (nSPS) is 10.6. The third-order valence-electron chi connectivity index (χ3n) is 4.90. The van der Waals surface area contributed by atoms with E-state index in [1.54, 1.807) is 36.0 Å². The van der Waals surface area contributed by atoms with Gasteiger partial charge in [-0.3, -0.25) is 4.79 Å². The molecule has 4 rings (SSSR count). The maximum atomic E-state index is 13.2. The molecule has 0 fully saturated rings. The summed E-state index contributed by atoms with van der Waals surface area (Å²) in [4.78, 5) is 13.8. The molecule has 2 N–H and O–H groups in total. The zero-order valence-electron chi connectivity index (χ0n) is 17.6. The van der Waals surface area contributed by atoms with Crippen LogP contribution in [-0.2, 0) is 5.75 Å². The van der Waals surface area contributed by atoms with Crippen molar-refractivity contribution in [3.63, 3.8) is 0 Å². The molecule has 0 amide bonds. The summed E-state index contributed by atoms with van der Waals surface area (Å²) in [6, 6.07) is 19.5. The van der Waals surface area contributed by atoms with Gasteiger partial charge >= 0.3 is 0 Å². The number of thioether (sulfide) groups is 1. The minimum absolute atomic E-state index is 0. The zero-order valence-corrected chi connectivity index (χ0v) is 21.6. The molecule has 0 spiro atoms. The Labute approximate surface area is 212 Å². The van der Waals surface area contributed by atoms with Crippen molar-refractivity contribution >= 4 is 46.2 Å². The maximum absolute atomic E-state index is 13.2. The molecule has 0 saturated heterocycles. The number of nitrogens with zero attached hydrogens (tertiary/aromatic N) is 1. The molecule has 0 aliphatic carbocycles. The summed E-state index contributed by atoms with van der Waals surface area (Å²) in [5.41, 5.74) is 12.1. The number of benzene rings is 2. The van der Waals surface area contributed by atoms with Gasteiger partial charge in [0.2, 0.25) is 5.78 Å². The highest BCUT2D eigenvalue weighted by Gasteiger charge is 2.28. The summed E-state index contributed by atoms with van der Waals surface area (Å²) < 4.78 is 3.03. The third kappa shape index (κ3) is 5.44. The van der Waals surface area contributed by atoms with Crippen LogP contribution >= 0.6 is 34.7 Å². The number of thiophene rings is 1. The zero-order chi connectivity index (χ0) is 22.0. The fourth-order valence-corrected chi connectivity index (χ4v) is 5.77. The molecule has 7 heteroatoms. The first kappa shape index (κ1) is 24.5. The highest BCUT2D eigenvalue weighted by atomic mass is 79.9. The number of rotatable bonds is 6. The first-order chi connectivity index (χ1) is 14.9. The van der Waals surface area contributed by atoms with Crippen molar-refractivity contribution in [3.05, 3.63) is 105 Å². The molecular weight excluding hydrogens is 524 g/mol. The molecule has 2 heterocycles. The second-order valence-electron chi connectivity index (χ2n) is 7.38. The number of hydrogen-bond donors (Lipinski definition) is 1. The van der Waals surface area contributed by atoms with Gasteiger partial charge in [0.05, 0.1) is 0 Å². The van der Waals surface area contributed by atoms with E-state index in [4.69, 9.17) is 17.3 Å². The van der Waals surface area contributed by atoms with Gasteiger partial charge in [-0.1, -0.05) is 41.4 Å². The van der Waals surface area contributed by atoms with Crippen LogP contribution in [0, 0.1) is 13.8 Å². The third-order valence-corrected chi connectivity index (χ3v) is 7.67. The highest BCUT2D eigenvalue weighted by molar-refractivity contribution is 8.00. The van der Waals surface area contributed by atoms with Crippen LogP contribution in [0.5, 0.6) is 0 Å². The molecule has 2 aromatic carbocycles. The maximum Gasteiger partial charge on any atom is 0.259 e. The largest absolute Gasteiger partial charge is 1.00 e. The second-order valence-corrected chi connectivity index (χ2v) is 10.1. The molecule has 0 bridgehead atoms. The van der Waals surface area contributed by atoms with E-state index in [0.29, 0.717) is 21.2 Å². The van der Waals surface area contributed by atoms with E-state index >= 15 is 0 Å². The number of carbonyl (C=O) groups is 1. The summed E-state index contributed by atoms with van der Waals surface area (Å²) in [5.74, 6) is 0.713. The van der Waals surface area contributed by atoms with Crippen molar-refractivity contribution in [2.75, 3.05) is 5.73 Å². The van der Waals surface area contributed by atoms with Crippen molar-refractivity contribution in [1.82, 2.24) is 0 Å². The predicted molar refractivity (Wildman–Crippen MR) is 131 cm³/mol. The second kappa shape index (κ2) is 10.7. The Hall–Kier alpha value is -2.12. The van der Waals surface area contributed by atoms with E-state index in [9.17, 15) is 4.79 Å². The van der Waals surface area contributed by atoms with Crippen molar-refractivity contribution < 1.29 is 26.3 Å². The lowest BCUT2D eigenvalue weighted by atomic mass is 10.1. The molecule has 0 saturated carbocycles. The molecule has 0 radical (unpaired) electrons. The van der Waals surface area contributed by atoms with Gasteiger partial charge in [0.1, 0.15) is 14.8 Å². The van der Waals surface area contributed by atoms with Gasteiger partial charge < -0.3 is 22.7 Å². The van der Waals surface area contributed by atoms with Gasteiger partial charge in [0.25, 0.3) is 5.69 Å². The average molecular weight is 546 g/mol. The van der Waals surface area contributed by atoms with Crippen LogP contribution in [0.15, 0.2) is 77.3 Å². The van der Waals surface area contributed by atoms with Crippen molar-refractivity contribution in [1.29, 1.82) is 0 Å². The molecule has 0 unspecified atom stereocenters. The van der Waals surface area contributed by atoms with Crippen LogP contribution in [0.3, 0.4) is 0 Å². The van der Waals surface area contributed by atoms with Crippen LogP contribution in [0.25, 0.3) is 5.69 Å². The summed E-state index contributed by atoms with van der Waals surface area (Å²) in [6.45, 7) is 4.12. The summed E-state index contributed by atoms with van der Waals surface area (Å²) in [7, 11) is 0. The molecule has 164 valence electrons. The minimum Gasteiger partial charge on any atom is -1.00 e. The number of nitrogens with two attached hydrogens (primary N) is 1. The molecule has 0 atom stereocenters. The highest BCUT2D eigenvalue weighted by Crippen LogP contribution is 2.41. The Morgan fingerprint density at radius 2 is 1.72 bits per heavy atom. The smallest absolute Gasteiger partial charge is 0.259 e. The number of ketones is 1. The van der Waals surface area contributed by atoms with E-state index in [0.717, 1.165) is 21.2 Å². The molecule has 4 aromatic rings. The predicted octanol–water partition coefficient (Wildman–Crippen LogP) is 3.40. The van der Waals surface area contributed by atoms with Crippen molar-refractivity contribution in [2.24, 2.45) is 0 Å². The van der Waals surface area contributed by atoms with E-state index in [1.165, 1.54) is 22.5 Å². The topological polar surface area (TPSA) is 47.0 Å². The number of nitrogen functional groups attached to an aromatic ring is 1. The molecular formula is C25H22BrClN2OS2. The molecule has 0 aliphatic rings. The number of hydrogen-bond acceptors (Lipinski definition) is 4. The number of anilines is 1. The van der Waals surface area contributed by atoms with E-state index in [2.05, 4.69) is 31.2 Å². The van der Waals surface area contributed by atoms with Gasteiger partial charge in [-0.25, -0.2) is 0 Å². The quantitative estimate of drug-likeness (QED) is 0.230. The number of aromatic nitrogens is 1. The first-order valence-electron chi connectivity index (χ1n) is 9.81. The molecule has 3 nitrogen and oxygen atoms in total. The summed E-state index contributed by atoms with van der Waals surface area (Å²) in [6.07, 6.45) is 4.00. The standard InChI is InChI=1S/C25H21ClN2OS2.BrH/c1-16-5-7-18(8-6-16)15-30-25-22(28-13-3-4-17(2)14-28)21(27)24(31-25)23(29)19-9-11-20(26)12-10-19;/h3-14H,15H2,1-2H3,(H-,27,29);1H. The van der Waals surface area contributed by atoms with Crippen molar-refractivity contribution in [3.8, 4) is 5.69 Å². The summed E-state index contributed by atoms with van der Waals surface area (Å²) in [5, 5.41) is 0.598. The molecule has 0 aliphatic heterocycles. The minimum atomic E-state index is -0.0872. The van der Waals surface area contributed by atoms with Crippen LogP contribution in [0.1, 0.15) is 31.9 Å². The van der Waals surface area contributed by atoms with E-state index in [-0.39, 0.29) is 22.8 Å². The fourth-order valence-electron chi connectivity index (χ4n) is 3.22. The first-order valence-corrected chi connectivity index (χ1v) is 12.0. The van der Waals surface area contributed by atoms with Crippen LogP contribution in [0.2, 0.25) is 5.02 Å². The lowest BCUT2D eigenvalue weighted by Crippen LogP contribution is -3.00. The number of aryl methyl sites for hydroxylation is 2. The lowest BCUT2D eigenvalue weighted by Gasteiger charge is -2.03. The van der Waals surface area contributed by atoms with Gasteiger partial charge in [-0.15, -0.1) is 23.1 Å². The SMILES string of the molecule is Cc1ccc(CSc2sc(C(=O)c3ccc(Cl)cc3)c(N)c2-[n+]2cccc(C)c2)cc1.[Br-]. The molecule has 32 heavy (non-hydrogen) atoms. The fraction of sp³-hybridized carbons (Fsp3) is 0.120. The molecule has 2 aromatic heterocycles. The van der Waals surface area contributed by atoms with E-state index < -0.39 is 0 Å². The van der Waals surface area contributed by atoms with Gasteiger partial charge in [0.15, 0.2) is 12.4 Å². The van der Waals surface area contributed by atoms with Gasteiger partial charge in [-0.05, 0) is 49.7 Å². The lowest BCUT2D eigenvalue weighted by molar-refractivity contribution is -0.597. The number of halogens is 2. The van der Waals surface area contributed by atoms with Gasteiger partial charge in [-0.2, -0.15) is 4.57 Å². The monoisotopic (exact) mass is 544 g/mol. The van der Waals surface area contributed by atoms with E-state index in [1.807, 2.05) is 36.0 Å². The number of pyridine rings is 1. The Bertz CT molecular complexity index is 1240. The number of carbonyl (C=O) groups excluding carboxylic acids is 1. The Kier molecular flexibility index (Phi) is 8.17. The average Bonchev–Trinajstić information content (AvgIpc) is 3.09. The van der Waals surface area contributed by atoms with Crippen LogP contribution in [0.4, 0.5) is 5.69 Å². The van der Waals surface area contributed by atoms with Crippen LogP contribution < -0.4 is 27.3 Å². The summed E-state index contributed by atoms with van der Waals surface area (Å²) >= 11 is 9.14. The Balaban J connectivity index is 0.00000289. The Morgan fingerprint density at radius 1 is 1.03 bits per heavy atom.